The quantitative estimate of drug-likeness (QED) is 0.851. The highest BCUT2D eigenvalue weighted by atomic mass is 16.3. The largest absolute Gasteiger partial charge is 0.493 e. The van der Waals surface area contributed by atoms with Crippen LogP contribution < -0.4 is 5.56 Å². The van der Waals surface area contributed by atoms with Crippen LogP contribution in [-0.2, 0) is 0 Å². The van der Waals surface area contributed by atoms with E-state index in [2.05, 4.69) is 16.9 Å². The fourth-order valence-corrected chi connectivity index (χ4v) is 2.04. The van der Waals surface area contributed by atoms with Crippen LogP contribution in [0.2, 0.25) is 0 Å². The first kappa shape index (κ1) is 11.1. The molecular formula is C13H14N2O3. The van der Waals surface area contributed by atoms with Crippen LogP contribution in [0.4, 0.5) is 0 Å². The van der Waals surface area contributed by atoms with Crippen LogP contribution in [-0.4, -0.2) is 15.1 Å². The number of nitrogens with one attached hydrogen (secondary N) is 1. The summed E-state index contributed by atoms with van der Waals surface area (Å²) in [6.07, 6.45) is 1.13. The van der Waals surface area contributed by atoms with Crippen molar-refractivity contribution in [3.05, 3.63) is 33.8 Å². The molecule has 5 heteroatoms. The van der Waals surface area contributed by atoms with Crippen molar-refractivity contribution in [3.8, 4) is 17.5 Å². The second-order valence-electron chi connectivity index (χ2n) is 4.88. The Labute approximate surface area is 103 Å². The van der Waals surface area contributed by atoms with Gasteiger partial charge < -0.3 is 14.5 Å². The Morgan fingerprint density at radius 3 is 2.83 bits per heavy atom. The van der Waals surface area contributed by atoms with E-state index in [1.807, 2.05) is 6.07 Å². The lowest BCUT2D eigenvalue weighted by Crippen LogP contribution is -2.11. The van der Waals surface area contributed by atoms with E-state index in [9.17, 15) is 9.90 Å². The third-order valence-corrected chi connectivity index (χ3v) is 3.46. The summed E-state index contributed by atoms with van der Waals surface area (Å²) in [5.74, 6) is 2.54. The van der Waals surface area contributed by atoms with Crippen molar-refractivity contribution in [1.29, 1.82) is 0 Å². The predicted octanol–water partition coefficient (Wildman–Crippen LogP) is 2.17. The van der Waals surface area contributed by atoms with Crippen molar-refractivity contribution in [1.82, 2.24) is 9.97 Å². The highest BCUT2D eigenvalue weighted by molar-refractivity contribution is 5.48. The molecule has 0 spiro atoms. The van der Waals surface area contributed by atoms with Gasteiger partial charge in [0.15, 0.2) is 11.6 Å². The SMILES string of the molecule is Cc1c(O)nc(-c2ccc(C3CC3C)o2)[nH]c1=O. The number of rotatable bonds is 2. The van der Waals surface area contributed by atoms with Crippen molar-refractivity contribution in [2.45, 2.75) is 26.2 Å². The van der Waals surface area contributed by atoms with Gasteiger partial charge >= 0.3 is 0 Å². The molecule has 1 aliphatic carbocycles. The smallest absolute Gasteiger partial charge is 0.257 e. The molecule has 0 aliphatic heterocycles. The average molecular weight is 246 g/mol. The molecule has 0 aromatic carbocycles. The maximum absolute atomic E-state index is 11.5. The third kappa shape index (κ3) is 1.72. The molecule has 0 bridgehead atoms. The van der Waals surface area contributed by atoms with Crippen LogP contribution in [0.3, 0.4) is 0 Å². The van der Waals surface area contributed by atoms with Crippen LogP contribution in [0.1, 0.15) is 30.6 Å². The minimum atomic E-state index is -0.352. The lowest BCUT2D eigenvalue weighted by molar-refractivity contribution is 0.444. The number of aromatic hydroxyl groups is 1. The number of aromatic nitrogens is 2. The molecule has 0 radical (unpaired) electrons. The highest BCUT2D eigenvalue weighted by Gasteiger charge is 2.36. The van der Waals surface area contributed by atoms with E-state index in [0.717, 1.165) is 12.2 Å². The average Bonchev–Trinajstić information content (AvgIpc) is 2.89. The minimum absolute atomic E-state index is 0.210. The van der Waals surface area contributed by atoms with Crippen molar-refractivity contribution in [2.75, 3.05) is 0 Å². The van der Waals surface area contributed by atoms with E-state index in [0.29, 0.717) is 17.6 Å². The topological polar surface area (TPSA) is 79.1 Å². The zero-order valence-electron chi connectivity index (χ0n) is 10.2. The molecule has 2 aromatic rings. The van der Waals surface area contributed by atoms with Crippen LogP contribution in [0.5, 0.6) is 5.88 Å². The molecule has 1 saturated carbocycles. The molecule has 2 N–H and O–H groups in total. The summed E-state index contributed by atoms with van der Waals surface area (Å²) in [5, 5.41) is 9.54. The zero-order chi connectivity index (χ0) is 12.9. The van der Waals surface area contributed by atoms with Crippen LogP contribution in [0.25, 0.3) is 11.6 Å². The number of H-pyrrole nitrogens is 1. The maximum Gasteiger partial charge on any atom is 0.257 e. The monoisotopic (exact) mass is 246 g/mol. The Hall–Kier alpha value is -2.04. The van der Waals surface area contributed by atoms with Gasteiger partial charge in [0.1, 0.15) is 5.76 Å². The number of hydrogen-bond acceptors (Lipinski definition) is 4. The van der Waals surface area contributed by atoms with Gasteiger partial charge in [0.05, 0.1) is 5.56 Å². The minimum Gasteiger partial charge on any atom is -0.493 e. The predicted molar refractivity (Wildman–Crippen MR) is 65.5 cm³/mol. The molecule has 3 rings (SSSR count). The van der Waals surface area contributed by atoms with E-state index in [1.54, 1.807) is 6.07 Å². The molecule has 2 unspecified atom stereocenters. The first-order valence-corrected chi connectivity index (χ1v) is 5.96. The van der Waals surface area contributed by atoms with Gasteiger partial charge in [-0.25, -0.2) is 0 Å². The summed E-state index contributed by atoms with van der Waals surface area (Å²) in [6, 6.07) is 3.67. The molecule has 2 heterocycles. The van der Waals surface area contributed by atoms with Gasteiger partial charge in [0, 0.05) is 5.92 Å². The Morgan fingerprint density at radius 2 is 2.22 bits per heavy atom. The van der Waals surface area contributed by atoms with Gasteiger partial charge in [-0.05, 0) is 31.4 Å². The first-order chi connectivity index (χ1) is 8.56. The molecule has 0 amide bonds. The fraction of sp³-hybridized carbons (Fsp3) is 0.385. The second-order valence-corrected chi connectivity index (χ2v) is 4.88. The Balaban J connectivity index is 2.00. The Morgan fingerprint density at radius 1 is 1.50 bits per heavy atom. The van der Waals surface area contributed by atoms with Crippen molar-refractivity contribution >= 4 is 0 Å². The van der Waals surface area contributed by atoms with E-state index >= 15 is 0 Å². The fourth-order valence-electron chi connectivity index (χ4n) is 2.04. The number of nitrogens with zero attached hydrogens (tertiary/aromatic N) is 1. The first-order valence-electron chi connectivity index (χ1n) is 5.96. The molecule has 2 aromatic heterocycles. The lowest BCUT2D eigenvalue weighted by Gasteiger charge is -2.00. The van der Waals surface area contributed by atoms with Crippen LogP contribution in [0, 0.1) is 12.8 Å². The summed E-state index contributed by atoms with van der Waals surface area (Å²) in [6.45, 7) is 3.69. The van der Waals surface area contributed by atoms with E-state index in [1.165, 1.54) is 6.92 Å². The molecule has 5 nitrogen and oxygen atoms in total. The molecule has 0 saturated heterocycles. The van der Waals surface area contributed by atoms with E-state index in [-0.39, 0.29) is 22.8 Å². The zero-order valence-corrected chi connectivity index (χ0v) is 10.2. The van der Waals surface area contributed by atoms with E-state index in [4.69, 9.17) is 4.42 Å². The van der Waals surface area contributed by atoms with Gasteiger partial charge in [0.25, 0.3) is 5.56 Å². The number of aromatic amines is 1. The second kappa shape index (κ2) is 3.73. The third-order valence-electron chi connectivity index (χ3n) is 3.46. The standard InChI is InChI=1S/C13H14N2O3/c1-6-5-8(6)9-3-4-10(18-9)11-14-12(16)7(2)13(17)15-11/h3-4,6,8H,5H2,1-2H3,(H2,14,15,16,17). The number of hydrogen-bond donors (Lipinski definition) is 2. The highest BCUT2D eigenvalue weighted by Crippen LogP contribution is 2.47. The van der Waals surface area contributed by atoms with Crippen molar-refractivity contribution in [3.63, 3.8) is 0 Å². The molecular weight excluding hydrogens is 232 g/mol. The molecule has 2 atom stereocenters. The van der Waals surface area contributed by atoms with Crippen LogP contribution in [0.15, 0.2) is 21.3 Å². The summed E-state index contributed by atoms with van der Waals surface area (Å²) in [4.78, 5) is 18.1. The number of furan rings is 1. The van der Waals surface area contributed by atoms with Crippen molar-refractivity contribution in [2.24, 2.45) is 5.92 Å². The van der Waals surface area contributed by atoms with Gasteiger partial charge in [-0.15, -0.1) is 0 Å². The molecule has 18 heavy (non-hydrogen) atoms. The van der Waals surface area contributed by atoms with Crippen molar-refractivity contribution < 1.29 is 9.52 Å². The maximum atomic E-state index is 11.5. The molecule has 94 valence electrons. The lowest BCUT2D eigenvalue weighted by atomic mass is 10.3. The van der Waals surface area contributed by atoms with Gasteiger partial charge in [-0.2, -0.15) is 4.98 Å². The molecule has 1 fully saturated rings. The Kier molecular flexibility index (Phi) is 2.29. The molecule has 1 aliphatic rings. The van der Waals surface area contributed by atoms with Crippen LogP contribution >= 0.6 is 0 Å². The normalized spacial score (nSPS) is 22.1. The summed E-state index contributed by atoms with van der Waals surface area (Å²) in [5.41, 5.74) is -0.142. The van der Waals surface area contributed by atoms with Gasteiger partial charge in [-0.1, -0.05) is 6.92 Å². The summed E-state index contributed by atoms with van der Waals surface area (Å²) in [7, 11) is 0. The summed E-state index contributed by atoms with van der Waals surface area (Å²) >= 11 is 0. The summed E-state index contributed by atoms with van der Waals surface area (Å²) < 4.78 is 5.67. The Bertz CT molecular complexity index is 656. The van der Waals surface area contributed by atoms with Gasteiger partial charge in [-0.3, -0.25) is 4.79 Å². The van der Waals surface area contributed by atoms with E-state index < -0.39 is 0 Å². The van der Waals surface area contributed by atoms with Gasteiger partial charge in [0.2, 0.25) is 5.88 Å².